The van der Waals surface area contributed by atoms with E-state index in [1.54, 1.807) is 6.07 Å². The molecule has 1 N–H and O–H groups in total. The Bertz CT molecular complexity index is 428. The molecule has 0 aromatic heterocycles. The molecule has 0 aliphatic heterocycles. The molecule has 1 aromatic rings. The van der Waals surface area contributed by atoms with E-state index < -0.39 is 0 Å². The van der Waals surface area contributed by atoms with Crippen LogP contribution in [0.15, 0.2) is 18.2 Å². The lowest BCUT2D eigenvalue weighted by atomic mass is 10.0. The van der Waals surface area contributed by atoms with Gasteiger partial charge in [-0.2, -0.15) is 0 Å². The molecule has 1 nitrogen and oxygen atoms in total. The smallest absolute Gasteiger partial charge is 0.141 e. The highest BCUT2D eigenvalue weighted by Crippen LogP contribution is 2.45. The fourth-order valence-corrected chi connectivity index (χ4v) is 2.92. The van der Waals surface area contributed by atoms with Crippen molar-refractivity contribution in [3.05, 3.63) is 34.6 Å². The Kier molecular flexibility index (Phi) is 3.33. The molecule has 0 saturated heterocycles. The molecule has 2 saturated carbocycles. The van der Waals surface area contributed by atoms with Crippen LogP contribution in [0.1, 0.15) is 44.2 Å². The zero-order valence-corrected chi connectivity index (χ0v) is 11.4. The van der Waals surface area contributed by atoms with Crippen LogP contribution in [0.3, 0.4) is 0 Å². The number of hydrogen-bond donors (Lipinski definition) is 1. The molecule has 3 heteroatoms. The van der Waals surface area contributed by atoms with Gasteiger partial charge < -0.3 is 5.32 Å². The molecule has 0 radical (unpaired) electrons. The number of rotatable bonds is 5. The second kappa shape index (κ2) is 4.82. The lowest BCUT2D eigenvalue weighted by Gasteiger charge is -2.23. The largest absolute Gasteiger partial charge is 0.307 e. The first kappa shape index (κ1) is 12.4. The highest BCUT2D eigenvalue weighted by atomic mass is 35.5. The minimum absolute atomic E-state index is 0.218. The van der Waals surface area contributed by atoms with Crippen molar-refractivity contribution in [1.82, 2.24) is 5.32 Å². The Hall–Kier alpha value is -0.600. The second-order valence-corrected chi connectivity index (χ2v) is 6.17. The van der Waals surface area contributed by atoms with E-state index in [1.807, 2.05) is 6.07 Å². The van der Waals surface area contributed by atoms with Crippen molar-refractivity contribution < 1.29 is 4.39 Å². The van der Waals surface area contributed by atoms with Gasteiger partial charge in [-0.05, 0) is 62.1 Å². The van der Waals surface area contributed by atoms with Gasteiger partial charge >= 0.3 is 0 Å². The van der Waals surface area contributed by atoms with Crippen LogP contribution < -0.4 is 5.32 Å². The summed E-state index contributed by atoms with van der Waals surface area (Å²) in [4.78, 5) is 0. The molecule has 2 aliphatic rings. The molecule has 0 bridgehead atoms. The summed E-state index contributed by atoms with van der Waals surface area (Å²) in [7, 11) is 0. The van der Waals surface area contributed by atoms with E-state index in [1.165, 1.54) is 31.7 Å². The topological polar surface area (TPSA) is 12.0 Å². The number of hydrogen-bond acceptors (Lipinski definition) is 1. The zero-order valence-electron chi connectivity index (χ0n) is 10.6. The van der Waals surface area contributed by atoms with Gasteiger partial charge in [-0.3, -0.25) is 0 Å². The SMILES string of the molecule is CC(NC(C1CC1)C1CC1)c1ccc(F)c(Cl)c1. The van der Waals surface area contributed by atoms with E-state index >= 15 is 0 Å². The molecule has 0 spiro atoms. The average molecular weight is 268 g/mol. The van der Waals surface area contributed by atoms with Crippen molar-refractivity contribution >= 4 is 11.6 Å². The summed E-state index contributed by atoms with van der Waals surface area (Å²) in [5.41, 5.74) is 1.08. The number of halogens is 2. The van der Waals surface area contributed by atoms with Gasteiger partial charge in [0.2, 0.25) is 0 Å². The van der Waals surface area contributed by atoms with Crippen LogP contribution in [0.4, 0.5) is 4.39 Å². The van der Waals surface area contributed by atoms with E-state index in [9.17, 15) is 4.39 Å². The van der Waals surface area contributed by atoms with E-state index in [2.05, 4.69) is 12.2 Å². The third kappa shape index (κ3) is 2.70. The molecule has 18 heavy (non-hydrogen) atoms. The third-order valence-electron chi connectivity index (χ3n) is 4.15. The first-order chi connectivity index (χ1) is 8.65. The van der Waals surface area contributed by atoms with Crippen LogP contribution >= 0.6 is 11.6 Å². The van der Waals surface area contributed by atoms with Crippen molar-refractivity contribution in [2.45, 2.75) is 44.7 Å². The van der Waals surface area contributed by atoms with Crippen LogP contribution in [0, 0.1) is 17.7 Å². The third-order valence-corrected chi connectivity index (χ3v) is 4.44. The van der Waals surface area contributed by atoms with E-state index in [4.69, 9.17) is 11.6 Å². The lowest BCUT2D eigenvalue weighted by molar-refractivity contribution is 0.377. The minimum Gasteiger partial charge on any atom is -0.307 e. The van der Waals surface area contributed by atoms with Crippen LogP contribution in [0.5, 0.6) is 0 Å². The quantitative estimate of drug-likeness (QED) is 0.838. The van der Waals surface area contributed by atoms with Gasteiger partial charge in [-0.25, -0.2) is 4.39 Å². The molecule has 2 aliphatic carbocycles. The molecule has 0 amide bonds. The molecular weight excluding hydrogens is 249 g/mol. The van der Waals surface area contributed by atoms with E-state index in [-0.39, 0.29) is 16.9 Å². The minimum atomic E-state index is -0.339. The van der Waals surface area contributed by atoms with Gasteiger partial charge in [-0.1, -0.05) is 17.7 Å². The van der Waals surface area contributed by atoms with Crippen LogP contribution in [-0.2, 0) is 0 Å². The van der Waals surface area contributed by atoms with Crippen molar-refractivity contribution in [3.63, 3.8) is 0 Å². The monoisotopic (exact) mass is 267 g/mol. The predicted molar refractivity (Wildman–Crippen MR) is 72.2 cm³/mol. The first-order valence-electron chi connectivity index (χ1n) is 6.86. The second-order valence-electron chi connectivity index (χ2n) is 5.76. The highest BCUT2D eigenvalue weighted by Gasteiger charge is 2.41. The van der Waals surface area contributed by atoms with Crippen molar-refractivity contribution in [2.75, 3.05) is 0 Å². The molecule has 1 atom stereocenters. The predicted octanol–water partition coefficient (Wildman–Crippen LogP) is 4.32. The van der Waals surface area contributed by atoms with Crippen molar-refractivity contribution in [2.24, 2.45) is 11.8 Å². The summed E-state index contributed by atoms with van der Waals surface area (Å²) in [6.07, 6.45) is 5.46. The van der Waals surface area contributed by atoms with Gasteiger partial charge in [0, 0.05) is 12.1 Å². The van der Waals surface area contributed by atoms with Gasteiger partial charge in [-0.15, -0.1) is 0 Å². The van der Waals surface area contributed by atoms with Crippen molar-refractivity contribution in [3.8, 4) is 0 Å². The maximum absolute atomic E-state index is 13.1. The Morgan fingerprint density at radius 1 is 1.22 bits per heavy atom. The van der Waals surface area contributed by atoms with Crippen molar-refractivity contribution in [1.29, 1.82) is 0 Å². The summed E-state index contributed by atoms with van der Waals surface area (Å²) in [6.45, 7) is 2.14. The standard InChI is InChI=1S/C15H19ClFN/c1-9(12-6-7-14(17)13(16)8-12)18-15(10-2-3-10)11-4-5-11/h6-11,15,18H,2-5H2,1H3. The maximum Gasteiger partial charge on any atom is 0.141 e. The summed E-state index contributed by atoms with van der Waals surface area (Å²) in [5, 5.41) is 3.94. The Labute approximate surface area is 113 Å². The average Bonchev–Trinajstić information content (AvgIpc) is 3.22. The molecular formula is C15H19ClFN. The summed E-state index contributed by atoms with van der Waals surface area (Å²) in [6, 6.07) is 5.93. The zero-order chi connectivity index (χ0) is 12.7. The Morgan fingerprint density at radius 3 is 2.33 bits per heavy atom. The van der Waals surface area contributed by atoms with E-state index in [0.717, 1.165) is 17.4 Å². The number of nitrogens with one attached hydrogen (secondary N) is 1. The normalized spacial score (nSPS) is 21.3. The Balaban J connectivity index is 1.68. The lowest BCUT2D eigenvalue weighted by Crippen LogP contribution is -2.35. The molecule has 3 rings (SSSR count). The van der Waals surface area contributed by atoms with Crippen LogP contribution in [0.25, 0.3) is 0 Å². The van der Waals surface area contributed by atoms with Gasteiger partial charge in [0.05, 0.1) is 5.02 Å². The van der Waals surface area contributed by atoms with Gasteiger partial charge in [0.1, 0.15) is 5.82 Å². The number of benzene rings is 1. The fraction of sp³-hybridized carbons (Fsp3) is 0.600. The van der Waals surface area contributed by atoms with E-state index in [0.29, 0.717) is 6.04 Å². The fourth-order valence-electron chi connectivity index (χ4n) is 2.73. The Morgan fingerprint density at radius 2 is 1.83 bits per heavy atom. The molecule has 98 valence electrons. The van der Waals surface area contributed by atoms with Crippen LogP contribution in [-0.4, -0.2) is 6.04 Å². The molecule has 2 fully saturated rings. The highest BCUT2D eigenvalue weighted by molar-refractivity contribution is 6.30. The summed E-state index contributed by atoms with van der Waals surface area (Å²) < 4.78 is 13.1. The molecule has 0 heterocycles. The summed E-state index contributed by atoms with van der Waals surface area (Å²) in [5.74, 6) is 1.40. The van der Waals surface area contributed by atoms with Gasteiger partial charge in [0.25, 0.3) is 0 Å². The maximum atomic E-state index is 13.1. The van der Waals surface area contributed by atoms with Gasteiger partial charge in [0.15, 0.2) is 0 Å². The first-order valence-corrected chi connectivity index (χ1v) is 7.24. The summed E-state index contributed by atoms with van der Waals surface area (Å²) >= 11 is 5.84. The molecule has 1 aromatic carbocycles. The molecule has 1 unspecified atom stereocenters. The van der Waals surface area contributed by atoms with Crippen LogP contribution in [0.2, 0.25) is 5.02 Å².